The van der Waals surface area contributed by atoms with Crippen LogP contribution in [0.5, 0.6) is 0 Å². The number of aromatic nitrogens is 3. The molecule has 0 unspecified atom stereocenters. The zero-order valence-corrected chi connectivity index (χ0v) is 15.3. The molecule has 0 aliphatic carbocycles. The highest BCUT2D eigenvalue weighted by molar-refractivity contribution is 5.94. The number of hydrogen-bond donors (Lipinski definition) is 1. The van der Waals surface area contributed by atoms with Crippen molar-refractivity contribution >= 4 is 17.1 Å². The average Bonchev–Trinajstić information content (AvgIpc) is 3.01. The van der Waals surface area contributed by atoms with Crippen molar-refractivity contribution in [1.82, 2.24) is 19.4 Å². The van der Waals surface area contributed by atoms with Crippen LogP contribution in [0.25, 0.3) is 11.2 Å². The fourth-order valence-electron chi connectivity index (χ4n) is 3.24. The normalized spacial score (nSPS) is 10.9. The van der Waals surface area contributed by atoms with Gasteiger partial charge in [-0.15, -0.1) is 0 Å². The van der Waals surface area contributed by atoms with Crippen molar-refractivity contribution in [2.75, 3.05) is 6.54 Å². The van der Waals surface area contributed by atoms with Gasteiger partial charge in [0.1, 0.15) is 0 Å². The van der Waals surface area contributed by atoms with E-state index >= 15 is 0 Å². The number of benzene rings is 2. The van der Waals surface area contributed by atoms with Crippen molar-refractivity contribution in [3.63, 3.8) is 0 Å². The standard InChI is InChI=1S/C22H20N4O2/c27-21(18-10-5-2-6-11-18)24-14-15-25-20-19(12-7-13-23-20)26(22(25)28)16-17-8-3-1-4-9-17/h1-13H,14-16H2,(H,24,27). The third-order valence-electron chi connectivity index (χ3n) is 4.61. The van der Waals surface area contributed by atoms with Crippen molar-refractivity contribution in [2.24, 2.45) is 0 Å². The molecule has 1 amide bonds. The lowest BCUT2D eigenvalue weighted by Gasteiger charge is -2.06. The lowest BCUT2D eigenvalue weighted by molar-refractivity contribution is 0.0952. The molecule has 0 bridgehead atoms. The number of nitrogens with zero attached hydrogens (tertiary/aromatic N) is 3. The summed E-state index contributed by atoms with van der Waals surface area (Å²) in [5, 5.41) is 2.86. The Labute approximate surface area is 162 Å². The molecule has 0 atom stereocenters. The summed E-state index contributed by atoms with van der Waals surface area (Å²) in [5.74, 6) is -0.158. The van der Waals surface area contributed by atoms with Crippen molar-refractivity contribution in [2.45, 2.75) is 13.1 Å². The van der Waals surface area contributed by atoms with E-state index in [1.807, 2.05) is 60.7 Å². The third-order valence-corrected chi connectivity index (χ3v) is 4.61. The van der Waals surface area contributed by atoms with E-state index in [1.165, 1.54) is 0 Å². The Morgan fingerprint density at radius 1 is 0.893 bits per heavy atom. The summed E-state index contributed by atoms with van der Waals surface area (Å²) < 4.78 is 3.33. The van der Waals surface area contributed by atoms with Crippen LogP contribution in [0.15, 0.2) is 83.8 Å². The summed E-state index contributed by atoms with van der Waals surface area (Å²) >= 11 is 0. The van der Waals surface area contributed by atoms with Gasteiger partial charge in [0.2, 0.25) is 0 Å². The van der Waals surface area contributed by atoms with E-state index in [0.717, 1.165) is 11.1 Å². The fourth-order valence-corrected chi connectivity index (χ4v) is 3.24. The highest BCUT2D eigenvalue weighted by Crippen LogP contribution is 2.12. The Morgan fingerprint density at radius 2 is 1.61 bits per heavy atom. The molecule has 6 heteroatoms. The largest absolute Gasteiger partial charge is 0.350 e. The maximum absolute atomic E-state index is 13.0. The van der Waals surface area contributed by atoms with E-state index in [2.05, 4.69) is 10.3 Å². The molecule has 0 saturated heterocycles. The van der Waals surface area contributed by atoms with Crippen LogP contribution in [0.4, 0.5) is 0 Å². The van der Waals surface area contributed by atoms with Gasteiger partial charge in [-0.1, -0.05) is 48.5 Å². The number of pyridine rings is 1. The summed E-state index contributed by atoms with van der Waals surface area (Å²) in [5.41, 5.74) is 2.92. The minimum atomic E-state index is -0.158. The first kappa shape index (κ1) is 17.7. The zero-order chi connectivity index (χ0) is 19.3. The summed E-state index contributed by atoms with van der Waals surface area (Å²) in [6.07, 6.45) is 1.67. The van der Waals surface area contributed by atoms with E-state index in [4.69, 9.17) is 0 Å². The first-order chi connectivity index (χ1) is 13.7. The van der Waals surface area contributed by atoms with Gasteiger partial charge in [-0.25, -0.2) is 9.78 Å². The Balaban J connectivity index is 1.56. The van der Waals surface area contributed by atoms with E-state index in [9.17, 15) is 9.59 Å². The van der Waals surface area contributed by atoms with E-state index < -0.39 is 0 Å². The Kier molecular flexibility index (Phi) is 5.01. The van der Waals surface area contributed by atoms with Crippen molar-refractivity contribution in [1.29, 1.82) is 0 Å². The molecule has 140 valence electrons. The minimum absolute atomic E-state index is 0.133. The SMILES string of the molecule is O=C(NCCn1c(=O)n(Cc2ccccc2)c2cccnc21)c1ccccc1. The smallest absolute Gasteiger partial charge is 0.330 e. The Morgan fingerprint density at radius 3 is 2.36 bits per heavy atom. The molecule has 2 heterocycles. The zero-order valence-electron chi connectivity index (χ0n) is 15.3. The first-order valence-electron chi connectivity index (χ1n) is 9.15. The Bertz CT molecular complexity index is 1150. The number of rotatable bonds is 6. The highest BCUT2D eigenvalue weighted by Gasteiger charge is 2.14. The van der Waals surface area contributed by atoms with Crippen molar-refractivity contribution < 1.29 is 4.79 Å². The van der Waals surface area contributed by atoms with Crippen LogP contribution in [-0.4, -0.2) is 26.6 Å². The number of fused-ring (bicyclic) bond motifs is 1. The summed E-state index contributed by atoms with van der Waals surface area (Å²) in [6.45, 7) is 1.17. The van der Waals surface area contributed by atoms with E-state index in [-0.39, 0.29) is 11.6 Å². The maximum atomic E-state index is 13.0. The molecule has 0 radical (unpaired) electrons. The summed E-state index contributed by atoms with van der Waals surface area (Å²) in [4.78, 5) is 29.6. The number of nitrogens with one attached hydrogen (secondary N) is 1. The lowest BCUT2D eigenvalue weighted by atomic mass is 10.2. The van der Waals surface area contributed by atoms with Crippen LogP contribution in [0.1, 0.15) is 15.9 Å². The number of carbonyl (C=O) groups excluding carboxylic acids is 1. The summed E-state index contributed by atoms with van der Waals surface area (Å²) in [6, 6.07) is 22.6. The molecular weight excluding hydrogens is 352 g/mol. The molecule has 1 N–H and O–H groups in total. The number of carbonyl (C=O) groups is 1. The topological polar surface area (TPSA) is 68.9 Å². The van der Waals surface area contributed by atoms with Gasteiger partial charge < -0.3 is 5.32 Å². The lowest BCUT2D eigenvalue weighted by Crippen LogP contribution is -2.32. The van der Waals surface area contributed by atoms with Crippen LogP contribution in [0.3, 0.4) is 0 Å². The molecule has 6 nitrogen and oxygen atoms in total. The van der Waals surface area contributed by atoms with Gasteiger partial charge >= 0.3 is 5.69 Å². The second-order valence-electron chi connectivity index (χ2n) is 6.47. The number of imidazole rings is 1. The van der Waals surface area contributed by atoms with Gasteiger partial charge in [0, 0.05) is 24.8 Å². The number of amides is 1. The first-order valence-corrected chi connectivity index (χ1v) is 9.15. The molecule has 28 heavy (non-hydrogen) atoms. The molecule has 0 spiro atoms. The van der Waals surface area contributed by atoms with Crippen LogP contribution in [0, 0.1) is 0 Å². The molecule has 2 aromatic heterocycles. The highest BCUT2D eigenvalue weighted by atomic mass is 16.2. The molecule has 0 saturated carbocycles. The molecule has 4 rings (SSSR count). The van der Waals surface area contributed by atoms with Gasteiger partial charge in [0.05, 0.1) is 12.1 Å². The van der Waals surface area contributed by atoms with Crippen LogP contribution in [0.2, 0.25) is 0 Å². The van der Waals surface area contributed by atoms with Gasteiger partial charge in [-0.2, -0.15) is 0 Å². The van der Waals surface area contributed by atoms with Gasteiger partial charge in [0.15, 0.2) is 5.65 Å². The van der Waals surface area contributed by atoms with Crippen LogP contribution < -0.4 is 11.0 Å². The minimum Gasteiger partial charge on any atom is -0.350 e. The molecule has 0 aliphatic rings. The molecular formula is C22H20N4O2. The average molecular weight is 372 g/mol. The quantitative estimate of drug-likeness (QED) is 0.566. The predicted octanol–water partition coefficient (Wildman–Crippen LogP) is 2.68. The maximum Gasteiger partial charge on any atom is 0.330 e. The van der Waals surface area contributed by atoms with E-state index in [1.54, 1.807) is 27.5 Å². The molecule has 0 fully saturated rings. The predicted molar refractivity (Wildman–Crippen MR) is 108 cm³/mol. The fraction of sp³-hybridized carbons (Fsp3) is 0.136. The van der Waals surface area contributed by atoms with Crippen LogP contribution >= 0.6 is 0 Å². The van der Waals surface area contributed by atoms with Gasteiger partial charge in [0.25, 0.3) is 5.91 Å². The summed E-state index contributed by atoms with van der Waals surface area (Å²) in [7, 11) is 0. The van der Waals surface area contributed by atoms with E-state index in [0.29, 0.717) is 30.8 Å². The van der Waals surface area contributed by atoms with Gasteiger partial charge in [-0.05, 0) is 29.8 Å². The monoisotopic (exact) mass is 372 g/mol. The second kappa shape index (κ2) is 7.92. The molecule has 0 aliphatic heterocycles. The second-order valence-corrected chi connectivity index (χ2v) is 6.47. The number of hydrogen-bond acceptors (Lipinski definition) is 3. The van der Waals surface area contributed by atoms with Gasteiger partial charge in [-0.3, -0.25) is 13.9 Å². The molecule has 2 aromatic carbocycles. The van der Waals surface area contributed by atoms with Crippen molar-refractivity contribution in [3.05, 3.63) is 101 Å². The Hall–Kier alpha value is -3.67. The van der Waals surface area contributed by atoms with Crippen LogP contribution in [-0.2, 0) is 13.1 Å². The van der Waals surface area contributed by atoms with Crippen molar-refractivity contribution in [3.8, 4) is 0 Å². The third kappa shape index (κ3) is 3.57. The molecule has 4 aromatic rings.